The van der Waals surface area contributed by atoms with Gasteiger partial charge in [0.05, 0.1) is 11.4 Å². The Balaban J connectivity index is 2.85. The number of nitrogens with one attached hydrogen (secondary N) is 1. The number of aryl methyl sites for hydroxylation is 2. The lowest BCUT2D eigenvalue weighted by atomic mass is 10.2. The van der Waals surface area contributed by atoms with Crippen LogP contribution in [0, 0.1) is 6.92 Å². The summed E-state index contributed by atoms with van der Waals surface area (Å²) >= 11 is 0. The first-order chi connectivity index (χ1) is 8.92. The second kappa shape index (κ2) is 6.21. The molecule has 0 bridgehead atoms. The fourth-order valence-electron chi connectivity index (χ4n) is 1.73. The van der Waals surface area contributed by atoms with Gasteiger partial charge in [0.1, 0.15) is 5.69 Å². The molecule has 1 aromatic rings. The molecule has 0 aromatic carbocycles. The van der Waals surface area contributed by atoms with E-state index in [0.717, 1.165) is 0 Å². The van der Waals surface area contributed by atoms with Crippen molar-refractivity contribution in [2.45, 2.75) is 26.8 Å². The van der Waals surface area contributed by atoms with Gasteiger partial charge in [0, 0.05) is 33.6 Å². The summed E-state index contributed by atoms with van der Waals surface area (Å²) in [7, 11) is 3.21. The minimum absolute atomic E-state index is 0.104. The fourth-order valence-corrected chi connectivity index (χ4v) is 1.73. The van der Waals surface area contributed by atoms with E-state index in [1.54, 1.807) is 25.7 Å². The van der Waals surface area contributed by atoms with Crippen molar-refractivity contribution in [1.29, 1.82) is 0 Å². The third-order valence-corrected chi connectivity index (χ3v) is 2.98. The predicted molar refractivity (Wildman–Crippen MR) is 72.7 cm³/mol. The van der Waals surface area contributed by atoms with Gasteiger partial charge in [-0.25, -0.2) is 0 Å². The van der Waals surface area contributed by atoms with Crippen molar-refractivity contribution >= 4 is 17.5 Å². The van der Waals surface area contributed by atoms with E-state index < -0.39 is 0 Å². The Morgan fingerprint density at radius 3 is 2.63 bits per heavy atom. The third kappa shape index (κ3) is 3.24. The monoisotopic (exact) mass is 267 g/mol. The van der Waals surface area contributed by atoms with E-state index in [-0.39, 0.29) is 18.2 Å². The standard InChI is InChI=1S/C12H21N5O2/c1-5-17-11(10(13)8(2)15-17)12(19)16(4)7-6-9(18)14-3/h5-7,13H2,1-4H3,(H,14,18). The lowest BCUT2D eigenvalue weighted by Crippen LogP contribution is -2.33. The lowest BCUT2D eigenvalue weighted by molar-refractivity contribution is -0.120. The Labute approximate surface area is 112 Å². The number of nitrogens with zero attached hydrogens (tertiary/aromatic N) is 3. The second-order valence-electron chi connectivity index (χ2n) is 4.31. The summed E-state index contributed by atoms with van der Waals surface area (Å²) in [5, 5.41) is 6.73. The van der Waals surface area contributed by atoms with Crippen LogP contribution in [0.3, 0.4) is 0 Å². The molecule has 0 saturated heterocycles. The maximum Gasteiger partial charge on any atom is 0.274 e. The fraction of sp³-hybridized carbons (Fsp3) is 0.583. The van der Waals surface area contributed by atoms with Crippen molar-refractivity contribution < 1.29 is 9.59 Å². The van der Waals surface area contributed by atoms with Crippen molar-refractivity contribution in [3.8, 4) is 0 Å². The number of anilines is 1. The highest BCUT2D eigenvalue weighted by atomic mass is 16.2. The summed E-state index contributed by atoms with van der Waals surface area (Å²) in [6.07, 6.45) is 0.262. The van der Waals surface area contributed by atoms with Crippen LogP contribution in [0.15, 0.2) is 0 Å². The van der Waals surface area contributed by atoms with Gasteiger partial charge in [0.2, 0.25) is 5.91 Å². The predicted octanol–water partition coefficient (Wildman–Crippen LogP) is 0.00172. The molecule has 1 rings (SSSR count). The molecule has 0 radical (unpaired) electrons. The number of nitrogens with two attached hydrogens (primary N) is 1. The minimum Gasteiger partial charge on any atom is -0.395 e. The van der Waals surface area contributed by atoms with Crippen LogP contribution in [0.5, 0.6) is 0 Å². The Hall–Kier alpha value is -2.05. The van der Waals surface area contributed by atoms with E-state index in [1.165, 1.54) is 4.90 Å². The van der Waals surface area contributed by atoms with Gasteiger partial charge in [-0.15, -0.1) is 0 Å². The number of carbonyl (C=O) groups excluding carboxylic acids is 2. The molecule has 2 amide bonds. The van der Waals surface area contributed by atoms with Crippen LogP contribution in [0.4, 0.5) is 5.69 Å². The van der Waals surface area contributed by atoms with E-state index in [4.69, 9.17) is 5.73 Å². The van der Waals surface area contributed by atoms with Gasteiger partial charge in [-0.05, 0) is 13.8 Å². The molecule has 1 heterocycles. The summed E-state index contributed by atoms with van der Waals surface area (Å²) in [5.74, 6) is -0.323. The average Bonchev–Trinajstić information content (AvgIpc) is 2.70. The van der Waals surface area contributed by atoms with Gasteiger partial charge < -0.3 is 16.0 Å². The van der Waals surface area contributed by atoms with Crippen LogP contribution < -0.4 is 11.1 Å². The second-order valence-corrected chi connectivity index (χ2v) is 4.31. The summed E-state index contributed by atoms with van der Waals surface area (Å²) in [5.41, 5.74) is 7.32. The quantitative estimate of drug-likeness (QED) is 0.785. The molecule has 0 unspecified atom stereocenters. The lowest BCUT2D eigenvalue weighted by Gasteiger charge is -2.17. The molecule has 7 nitrogen and oxygen atoms in total. The summed E-state index contributed by atoms with van der Waals surface area (Å²) in [6.45, 7) is 4.57. The van der Waals surface area contributed by atoms with E-state index in [0.29, 0.717) is 30.2 Å². The number of amides is 2. The number of carbonyl (C=O) groups is 2. The number of rotatable bonds is 5. The van der Waals surface area contributed by atoms with Crippen LogP contribution in [-0.2, 0) is 11.3 Å². The van der Waals surface area contributed by atoms with Crippen LogP contribution in [0.2, 0.25) is 0 Å². The van der Waals surface area contributed by atoms with Crippen LogP contribution >= 0.6 is 0 Å². The Morgan fingerprint density at radius 1 is 1.47 bits per heavy atom. The van der Waals surface area contributed by atoms with Crippen molar-refractivity contribution in [2.75, 3.05) is 26.4 Å². The van der Waals surface area contributed by atoms with E-state index >= 15 is 0 Å². The first-order valence-corrected chi connectivity index (χ1v) is 6.21. The van der Waals surface area contributed by atoms with Gasteiger partial charge >= 0.3 is 0 Å². The molecule has 3 N–H and O–H groups in total. The van der Waals surface area contributed by atoms with Gasteiger partial charge in [0.25, 0.3) is 5.91 Å². The highest BCUT2D eigenvalue weighted by Gasteiger charge is 2.22. The summed E-state index contributed by atoms with van der Waals surface area (Å²) in [4.78, 5) is 25.0. The SMILES string of the molecule is CCn1nc(C)c(N)c1C(=O)N(C)CCC(=O)NC. The normalized spacial score (nSPS) is 10.3. The Bertz CT molecular complexity index is 481. The number of nitrogen functional groups attached to an aromatic ring is 1. The number of hydrogen-bond donors (Lipinski definition) is 2. The number of hydrogen-bond acceptors (Lipinski definition) is 4. The molecule has 0 aliphatic rings. The molecule has 0 atom stereocenters. The first-order valence-electron chi connectivity index (χ1n) is 6.21. The van der Waals surface area contributed by atoms with Crippen LogP contribution in [-0.4, -0.2) is 47.1 Å². The zero-order valence-corrected chi connectivity index (χ0v) is 11.9. The van der Waals surface area contributed by atoms with Crippen LogP contribution in [0.25, 0.3) is 0 Å². The molecule has 106 valence electrons. The topological polar surface area (TPSA) is 93.2 Å². The molecule has 0 aliphatic heterocycles. The molecular formula is C12H21N5O2. The van der Waals surface area contributed by atoms with Gasteiger partial charge in [-0.1, -0.05) is 0 Å². The number of aromatic nitrogens is 2. The van der Waals surface area contributed by atoms with E-state index in [2.05, 4.69) is 10.4 Å². The molecule has 19 heavy (non-hydrogen) atoms. The van der Waals surface area contributed by atoms with Crippen molar-refractivity contribution in [1.82, 2.24) is 20.0 Å². The zero-order valence-electron chi connectivity index (χ0n) is 11.9. The summed E-state index contributed by atoms with van der Waals surface area (Å²) < 4.78 is 1.59. The maximum absolute atomic E-state index is 12.3. The van der Waals surface area contributed by atoms with Crippen molar-refractivity contribution in [3.63, 3.8) is 0 Å². The Kier molecular flexibility index (Phi) is 4.91. The molecule has 0 fully saturated rings. The summed E-state index contributed by atoms with van der Waals surface area (Å²) in [6, 6.07) is 0. The molecular weight excluding hydrogens is 246 g/mol. The average molecular weight is 267 g/mol. The maximum atomic E-state index is 12.3. The zero-order chi connectivity index (χ0) is 14.6. The van der Waals surface area contributed by atoms with Crippen molar-refractivity contribution in [3.05, 3.63) is 11.4 Å². The molecule has 0 saturated carbocycles. The van der Waals surface area contributed by atoms with E-state index in [9.17, 15) is 9.59 Å². The van der Waals surface area contributed by atoms with E-state index in [1.807, 2.05) is 6.92 Å². The third-order valence-electron chi connectivity index (χ3n) is 2.98. The Morgan fingerprint density at radius 2 is 2.11 bits per heavy atom. The van der Waals surface area contributed by atoms with Gasteiger partial charge in [-0.2, -0.15) is 5.10 Å². The van der Waals surface area contributed by atoms with Gasteiger partial charge in [0.15, 0.2) is 0 Å². The van der Waals surface area contributed by atoms with Crippen LogP contribution in [0.1, 0.15) is 29.5 Å². The molecule has 7 heteroatoms. The molecule has 0 aliphatic carbocycles. The highest BCUT2D eigenvalue weighted by molar-refractivity contribution is 5.98. The van der Waals surface area contributed by atoms with Crippen molar-refractivity contribution in [2.24, 2.45) is 0 Å². The minimum atomic E-state index is -0.219. The highest BCUT2D eigenvalue weighted by Crippen LogP contribution is 2.18. The molecule has 0 spiro atoms. The largest absolute Gasteiger partial charge is 0.395 e. The smallest absolute Gasteiger partial charge is 0.274 e. The first kappa shape index (κ1) is 15.0. The van der Waals surface area contributed by atoms with Gasteiger partial charge in [-0.3, -0.25) is 14.3 Å². The molecule has 1 aromatic heterocycles.